The summed E-state index contributed by atoms with van der Waals surface area (Å²) in [6.07, 6.45) is 4.81. The molecule has 1 aromatic heterocycles. The molecule has 3 nitrogen and oxygen atoms in total. The van der Waals surface area contributed by atoms with E-state index < -0.39 is 5.41 Å². The van der Waals surface area contributed by atoms with Gasteiger partial charge in [0.15, 0.2) is 0 Å². The topological polar surface area (TPSA) is 55.1 Å². The highest BCUT2D eigenvalue weighted by Gasteiger charge is 2.42. The molecular formula is C14H20N2OS2. The van der Waals surface area contributed by atoms with Crippen molar-refractivity contribution in [2.75, 3.05) is 0 Å². The average Bonchev–Trinajstić information content (AvgIpc) is 2.82. The number of rotatable bonds is 4. The van der Waals surface area contributed by atoms with E-state index in [-0.39, 0.29) is 5.91 Å². The predicted octanol–water partition coefficient (Wildman–Crippen LogP) is 2.91. The maximum Gasteiger partial charge on any atom is 0.233 e. The van der Waals surface area contributed by atoms with Gasteiger partial charge in [0, 0.05) is 9.75 Å². The Bertz CT molecular complexity index is 476. The molecule has 0 aliphatic heterocycles. The molecule has 2 rings (SSSR count). The van der Waals surface area contributed by atoms with E-state index in [9.17, 15) is 4.79 Å². The van der Waals surface area contributed by atoms with Crippen LogP contribution in [0.3, 0.4) is 0 Å². The number of hydrogen-bond donors (Lipinski definition) is 2. The molecule has 5 heteroatoms. The normalized spacial score (nSPS) is 17.9. The summed E-state index contributed by atoms with van der Waals surface area (Å²) in [7, 11) is 0. The van der Waals surface area contributed by atoms with E-state index in [1.165, 1.54) is 16.2 Å². The Hall–Kier alpha value is -0.940. The minimum Gasteiger partial charge on any atom is -0.392 e. The molecule has 1 fully saturated rings. The Morgan fingerprint density at radius 1 is 1.42 bits per heavy atom. The fourth-order valence-corrected chi connectivity index (χ4v) is 3.78. The number of thiophene rings is 1. The highest BCUT2D eigenvalue weighted by Crippen LogP contribution is 2.37. The summed E-state index contributed by atoms with van der Waals surface area (Å²) in [6.45, 7) is 2.63. The molecule has 19 heavy (non-hydrogen) atoms. The quantitative estimate of drug-likeness (QED) is 0.840. The molecule has 0 unspecified atom stereocenters. The molecule has 0 saturated heterocycles. The zero-order chi connectivity index (χ0) is 13.9. The summed E-state index contributed by atoms with van der Waals surface area (Å²) in [5.74, 6) is 0.00533. The van der Waals surface area contributed by atoms with E-state index in [0.29, 0.717) is 11.5 Å². The van der Waals surface area contributed by atoms with Crippen molar-refractivity contribution in [2.45, 2.75) is 45.6 Å². The maximum atomic E-state index is 12.5. The van der Waals surface area contributed by atoms with Gasteiger partial charge < -0.3 is 11.1 Å². The van der Waals surface area contributed by atoms with Crippen LogP contribution in [-0.2, 0) is 11.3 Å². The standard InChI is InChI=1S/C14H20N2OS2/c1-10-5-6-11(19-10)9-16-13(17)14(12(15)18)7-3-2-4-8-14/h5-6H,2-4,7-9H2,1H3,(H2,15,18)(H,16,17). The first-order valence-electron chi connectivity index (χ1n) is 6.68. The number of aryl methyl sites for hydroxylation is 1. The summed E-state index contributed by atoms with van der Waals surface area (Å²) >= 11 is 6.86. The van der Waals surface area contributed by atoms with Crippen LogP contribution >= 0.6 is 23.6 Å². The van der Waals surface area contributed by atoms with Crippen LogP contribution in [0.25, 0.3) is 0 Å². The van der Waals surface area contributed by atoms with Gasteiger partial charge in [-0.15, -0.1) is 11.3 Å². The number of nitrogens with one attached hydrogen (secondary N) is 1. The number of thiocarbonyl (C=S) groups is 1. The van der Waals surface area contributed by atoms with E-state index in [1.807, 2.05) is 0 Å². The van der Waals surface area contributed by atoms with Gasteiger partial charge in [-0.1, -0.05) is 31.5 Å². The second-order valence-electron chi connectivity index (χ2n) is 5.20. The van der Waals surface area contributed by atoms with Crippen LogP contribution < -0.4 is 11.1 Å². The van der Waals surface area contributed by atoms with Gasteiger partial charge in [-0.2, -0.15) is 0 Å². The second kappa shape index (κ2) is 6.01. The van der Waals surface area contributed by atoms with Crippen LogP contribution in [0.5, 0.6) is 0 Å². The summed E-state index contributed by atoms with van der Waals surface area (Å²) in [6, 6.07) is 4.12. The van der Waals surface area contributed by atoms with Gasteiger partial charge in [-0.05, 0) is 31.9 Å². The molecule has 1 amide bonds. The second-order valence-corrected chi connectivity index (χ2v) is 7.01. The minimum atomic E-state index is -0.611. The van der Waals surface area contributed by atoms with E-state index in [0.717, 1.165) is 25.7 Å². The summed E-state index contributed by atoms with van der Waals surface area (Å²) in [5.41, 5.74) is 5.24. The first-order chi connectivity index (χ1) is 9.04. The van der Waals surface area contributed by atoms with Crippen molar-refractivity contribution in [3.63, 3.8) is 0 Å². The highest BCUT2D eigenvalue weighted by atomic mass is 32.1. The van der Waals surface area contributed by atoms with Gasteiger partial charge in [0.1, 0.15) is 0 Å². The maximum absolute atomic E-state index is 12.5. The minimum absolute atomic E-state index is 0.00533. The van der Waals surface area contributed by atoms with Gasteiger partial charge in [-0.25, -0.2) is 0 Å². The number of hydrogen-bond acceptors (Lipinski definition) is 3. The molecule has 0 bridgehead atoms. The molecule has 0 spiro atoms. The van der Waals surface area contributed by atoms with Crippen LogP contribution in [-0.4, -0.2) is 10.9 Å². The molecule has 0 atom stereocenters. The Kier molecular flexibility index (Phi) is 4.58. The third-order valence-corrected chi connectivity index (χ3v) is 5.22. The largest absolute Gasteiger partial charge is 0.392 e. The smallest absolute Gasteiger partial charge is 0.233 e. The van der Waals surface area contributed by atoms with Crippen molar-refractivity contribution in [2.24, 2.45) is 11.1 Å². The lowest BCUT2D eigenvalue weighted by atomic mass is 9.73. The van der Waals surface area contributed by atoms with Gasteiger partial charge in [0.2, 0.25) is 5.91 Å². The SMILES string of the molecule is Cc1ccc(CNC(=O)C2(C(N)=S)CCCCC2)s1. The van der Waals surface area contributed by atoms with Crippen LogP contribution in [0.2, 0.25) is 0 Å². The molecular weight excluding hydrogens is 276 g/mol. The van der Waals surface area contributed by atoms with E-state index in [1.54, 1.807) is 11.3 Å². The lowest BCUT2D eigenvalue weighted by Crippen LogP contribution is -2.49. The highest BCUT2D eigenvalue weighted by molar-refractivity contribution is 7.80. The molecule has 0 radical (unpaired) electrons. The fraction of sp³-hybridized carbons (Fsp3) is 0.571. The molecule has 104 valence electrons. The Balaban J connectivity index is 2.02. The Morgan fingerprint density at radius 2 is 2.11 bits per heavy atom. The van der Waals surface area contributed by atoms with Crippen molar-refractivity contribution in [3.8, 4) is 0 Å². The number of carbonyl (C=O) groups is 1. The van der Waals surface area contributed by atoms with Crippen LogP contribution in [0.1, 0.15) is 41.9 Å². The molecule has 0 aromatic carbocycles. The van der Waals surface area contributed by atoms with E-state index in [2.05, 4.69) is 24.4 Å². The Morgan fingerprint density at radius 3 is 2.63 bits per heavy atom. The van der Waals surface area contributed by atoms with Crippen molar-refractivity contribution in [3.05, 3.63) is 21.9 Å². The van der Waals surface area contributed by atoms with Gasteiger partial charge in [0.05, 0.1) is 16.9 Å². The molecule has 1 aliphatic carbocycles. The van der Waals surface area contributed by atoms with Gasteiger partial charge >= 0.3 is 0 Å². The summed E-state index contributed by atoms with van der Waals surface area (Å²) in [4.78, 5) is 15.2. The average molecular weight is 296 g/mol. The third-order valence-electron chi connectivity index (χ3n) is 3.83. The van der Waals surface area contributed by atoms with Crippen molar-refractivity contribution in [1.29, 1.82) is 0 Å². The Labute approximate surface area is 123 Å². The fourth-order valence-electron chi connectivity index (χ4n) is 2.66. The van der Waals surface area contributed by atoms with Crippen molar-refractivity contribution >= 4 is 34.5 Å². The lowest BCUT2D eigenvalue weighted by molar-refractivity contribution is -0.129. The molecule has 1 saturated carbocycles. The van der Waals surface area contributed by atoms with Gasteiger partial charge in [0.25, 0.3) is 0 Å². The van der Waals surface area contributed by atoms with E-state index in [4.69, 9.17) is 18.0 Å². The van der Waals surface area contributed by atoms with Crippen molar-refractivity contribution in [1.82, 2.24) is 5.32 Å². The molecule has 1 aliphatic rings. The zero-order valence-electron chi connectivity index (χ0n) is 11.2. The molecule has 1 heterocycles. The lowest BCUT2D eigenvalue weighted by Gasteiger charge is -2.34. The monoisotopic (exact) mass is 296 g/mol. The van der Waals surface area contributed by atoms with Crippen LogP contribution in [0.15, 0.2) is 12.1 Å². The van der Waals surface area contributed by atoms with Crippen LogP contribution in [0, 0.1) is 12.3 Å². The number of nitrogens with two attached hydrogens (primary N) is 1. The number of amides is 1. The van der Waals surface area contributed by atoms with Crippen LogP contribution in [0.4, 0.5) is 0 Å². The molecule has 1 aromatic rings. The first-order valence-corrected chi connectivity index (χ1v) is 7.90. The zero-order valence-corrected chi connectivity index (χ0v) is 12.8. The first kappa shape index (κ1) is 14.5. The third kappa shape index (κ3) is 3.15. The number of carbonyl (C=O) groups excluding carboxylic acids is 1. The predicted molar refractivity (Wildman–Crippen MR) is 83.2 cm³/mol. The van der Waals surface area contributed by atoms with Crippen molar-refractivity contribution < 1.29 is 4.79 Å². The summed E-state index contributed by atoms with van der Waals surface area (Å²) < 4.78 is 0. The summed E-state index contributed by atoms with van der Waals surface area (Å²) in [5, 5.41) is 3.01. The van der Waals surface area contributed by atoms with Gasteiger partial charge in [-0.3, -0.25) is 4.79 Å². The van der Waals surface area contributed by atoms with E-state index >= 15 is 0 Å². The molecule has 3 N–H and O–H groups in total.